The van der Waals surface area contributed by atoms with Crippen LogP contribution in [0.3, 0.4) is 0 Å². The summed E-state index contributed by atoms with van der Waals surface area (Å²) in [6.45, 7) is 11.8. The molecule has 7 nitrogen and oxygen atoms in total. The summed E-state index contributed by atoms with van der Waals surface area (Å²) in [5, 5.41) is 2.18. The third-order valence-electron chi connectivity index (χ3n) is 8.45. The van der Waals surface area contributed by atoms with E-state index in [0.717, 1.165) is 38.9 Å². The predicted octanol–water partition coefficient (Wildman–Crippen LogP) is 9.09. The standard InChI is InChI=1S/C43H47NO6S/c1-30-26-31(2)36(32(3)27-30)28-49-40(45)39(44-41(46)50-42(4,5)6)37(29-48-38-24-16-17-25-47-38)51-43(33-18-10-7-11-19-33,34-20-12-8-13-21-34)35-22-14-9-15-23-35/h7-24,26-27,37,39H,25,28-29H2,1-6H3,(H,44,46)/t37-,39?/m1/s1. The fourth-order valence-electron chi connectivity index (χ4n) is 6.19. The van der Waals surface area contributed by atoms with Crippen LogP contribution in [0.25, 0.3) is 0 Å². The van der Waals surface area contributed by atoms with Gasteiger partial charge in [0.15, 0.2) is 0 Å². The lowest BCUT2D eigenvalue weighted by Crippen LogP contribution is -2.52. The largest absolute Gasteiger partial charge is 0.464 e. The van der Waals surface area contributed by atoms with E-state index in [0.29, 0.717) is 12.6 Å². The van der Waals surface area contributed by atoms with Gasteiger partial charge in [0.2, 0.25) is 0 Å². The minimum absolute atomic E-state index is 0.00323. The molecule has 1 aliphatic heterocycles. The zero-order valence-corrected chi connectivity index (χ0v) is 31.0. The molecule has 0 fully saturated rings. The van der Waals surface area contributed by atoms with Crippen LogP contribution < -0.4 is 5.32 Å². The molecule has 0 aliphatic carbocycles. The SMILES string of the molecule is Cc1cc(C)c(COC(=O)C(NC(=O)OC(C)(C)C)[C@@H](COC2=CC=CCO2)SC(c2ccccc2)(c2ccccc2)c2ccccc2)c(C)c1. The molecule has 266 valence electrons. The van der Waals surface area contributed by atoms with E-state index < -0.39 is 33.7 Å². The van der Waals surface area contributed by atoms with Crippen LogP contribution in [0.2, 0.25) is 0 Å². The average Bonchev–Trinajstić information content (AvgIpc) is 3.11. The van der Waals surface area contributed by atoms with Gasteiger partial charge in [-0.25, -0.2) is 9.59 Å². The van der Waals surface area contributed by atoms with Crippen LogP contribution in [0.1, 0.15) is 59.7 Å². The molecule has 0 saturated carbocycles. The molecule has 1 unspecified atom stereocenters. The quantitative estimate of drug-likeness (QED) is 0.110. The number of aryl methyl sites for hydroxylation is 3. The topological polar surface area (TPSA) is 83.1 Å². The van der Waals surface area contributed by atoms with Crippen molar-refractivity contribution >= 4 is 23.8 Å². The molecule has 1 heterocycles. The summed E-state index contributed by atoms with van der Waals surface area (Å²) in [6.07, 6.45) is 4.74. The Morgan fingerprint density at radius 2 is 1.35 bits per heavy atom. The molecule has 51 heavy (non-hydrogen) atoms. The Morgan fingerprint density at radius 1 is 0.824 bits per heavy atom. The van der Waals surface area contributed by atoms with Gasteiger partial charge >= 0.3 is 12.1 Å². The normalized spacial score (nSPS) is 14.0. The smallest absolute Gasteiger partial charge is 0.408 e. The average molecular weight is 706 g/mol. The van der Waals surface area contributed by atoms with Gasteiger partial charge in [-0.2, -0.15) is 0 Å². The molecule has 5 rings (SSSR count). The van der Waals surface area contributed by atoms with Gasteiger partial charge in [0.05, 0.1) is 10.00 Å². The molecule has 1 N–H and O–H groups in total. The zero-order valence-electron chi connectivity index (χ0n) is 30.2. The van der Waals surface area contributed by atoms with Gasteiger partial charge in [0.1, 0.15) is 31.5 Å². The molecule has 2 atom stereocenters. The van der Waals surface area contributed by atoms with Crippen LogP contribution in [-0.4, -0.2) is 42.2 Å². The van der Waals surface area contributed by atoms with Crippen molar-refractivity contribution in [2.45, 2.75) is 69.8 Å². The van der Waals surface area contributed by atoms with Crippen LogP contribution in [0.5, 0.6) is 0 Å². The second kappa shape index (κ2) is 16.8. The van der Waals surface area contributed by atoms with Crippen LogP contribution in [0.15, 0.2) is 127 Å². The van der Waals surface area contributed by atoms with Crippen molar-refractivity contribution in [3.63, 3.8) is 0 Å². The van der Waals surface area contributed by atoms with Crippen molar-refractivity contribution < 1.29 is 28.5 Å². The number of thioether (sulfide) groups is 1. The highest BCUT2D eigenvalue weighted by Crippen LogP contribution is 2.51. The molecule has 8 heteroatoms. The molecule has 4 aromatic carbocycles. The van der Waals surface area contributed by atoms with E-state index in [1.54, 1.807) is 26.8 Å². The summed E-state index contributed by atoms with van der Waals surface area (Å²) < 4.78 is 23.0. The highest BCUT2D eigenvalue weighted by Gasteiger charge is 2.44. The van der Waals surface area contributed by atoms with E-state index in [2.05, 4.69) is 53.8 Å². The molecule has 0 spiro atoms. The zero-order chi connectivity index (χ0) is 36.4. The van der Waals surface area contributed by atoms with Gasteiger partial charge in [-0.1, -0.05) is 115 Å². The predicted molar refractivity (Wildman–Crippen MR) is 203 cm³/mol. The maximum atomic E-state index is 14.5. The van der Waals surface area contributed by atoms with Gasteiger partial charge in [-0.3, -0.25) is 0 Å². The highest BCUT2D eigenvalue weighted by atomic mass is 32.2. The van der Waals surface area contributed by atoms with Gasteiger partial charge in [0, 0.05) is 6.08 Å². The molecule has 4 aromatic rings. The van der Waals surface area contributed by atoms with Crippen molar-refractivity contribution in [1.29, 1.82) is 0 Å². The van der Waals surface area contributed by atoms with E-state index in [1.165, 1.54) is 11.8 Å². The van der Waals surface area contributed by atoms with Crippen molar-refractivity contribution in [3.05, 3.63) is 166 Å². The summed E-state index contributed by atoms with van der Waals surface area (Å²) in [5.41, 5.74) is 6.27. The lowest BCUT2D eigenvalue weighted by molar-refractivity contribution is -0.148. The second-order valence-corrected chi connectivity index (χ2v) is 15.0. The molecular formula is C43H47NO6S. The van der Waals surface area contributed by atoms with Gasteiger partial charge in [-0.15, -0.1) is 11.8 Å². The molecule has 0 radical (unpaired) electrons. The van der Waals surface area contributed by atoms with Gasteiger partial charge in [0.25, 0.3) is 5.95 Å². The van der Waals surface area contributed by atoms with E-state index in [4.69, 9.17) is 18.9 Å². The number of ether oxygens (including phenoxy) is 4. The first-order valence-corrected chi connectivity index (χ1v) is 18.0. The Balaban J connectivity index is 1.64. The fourth-order valence-corrected chi connectivity index (χ4v) is 7.91. The van der Waals surface area contributed by atoms with Gasteiger partial charge in [-0.05, 0) is 81.0 Å². The molecular weight excluding hydrogens is 659 g/mol. The van der Waals surface area contributed by atoms with Gasteiger partial charge < -0.3 is 24.3 Å². The molecule has 1 aliphatic rings. The monoisotopic (exact) mass is 705 g/mol. The van der Waals surface area contributed by atoms with Crippen molar-refractivity contribution in [2.75, 3.05) is 13.2 Å². The number of carbonyl (C=O) groups excluding carboxylic acids is 2. The lowest BCUT2D eigenvalue weighted by Gasteiger charge is -2.40. The van der Waals surface area contributed by atoms with Crippen LogP contribution in [0, 0.1) is 20.8 Å². The minimum atomic E-state index is -1.19. The van der Waals surface area contributed by atoms with Crippen molar-refractivity contribution in [3.8, 4) is 0 Å². The van der Waals surface area contributed by atoms with Crippen LogP contribution >= 0.6 is 11.8 Å². The summed E-state index contributed by atoms with van der Waals surface area (Å²) >= 11 is 1.51. The summed E-state index contributed by atoms with van der Waals surface area (Å²) in [6, 6.07) is 33.4. The maximum absolute atomic E-state index is 14.5. The highest BCUT2D eigenvalue weighted by molar-refractivity contribution is 8.01. The molecule has 1 amide bonds. The second-order valence-electron chi connectivity index (χ2n) is 13.6. The van der Waals surface area contributed by atoms with E-state index in [-0.39, 0.29) is 13.2 Å². The number of carbonyl (C=O) groups is 2. The van der Waals surface area contributed by atoms with E-state index in [1.807, 2.05) is 87.5 Å². The van der Waals surface area contributed by atoms with Crippen LogP contribution in [0.4, 0.5) is 4.79 Å². The molecule has 0 saturated heterocycles. The number of esters is 1. The number of allylic oxidation sites excluding steroid dienone is 2. The number of hydrogen-bond acceptors (Lipinski definition) is 7. The number of alkyl carbamates (subject to hydrolysis) is 1. The summed E-state index contributed by atoms with van der Waals surface area (Å²) in [7, 11) is 0. The summed E-state index contributed by atoms with van der Waals surface area (Å²) in [4.78, 5) is 28.0. The first-order chi connectivity index (χ1) is 24.5. The number of nitrogens with one attached hydrogen (secondary N) is 1. The fraction of sp³-hybridized carbons (Fsp3) is 0.302. The third kappa shape index (κ3) is 9.64. The molecule has 0 bridgehead atoms. The van der Waals surface area contributed by atoms with Crippen molar-refractivity contribution in [2.24, 2.45) is 0 Å². The Labute approximate surface area is 306 Å². The van der Waals surface area contributed by atoms with Crippen LogP contribution in [-0.2, 0) is 35.1 Å². The number of amides is 1. The summed E-state index contributed by atoms with van der Waals surface area (Å²) in [5.74, 6) is -0.286. The molecule has 0 aromatic heterocycles. The third-order valence-corrected chi connectivity index (χ3v) is 10.2. The number of hydrogen-bond donors (Lipinski definition) is 1. The maximum Gasteiger partial charge on any atom is 0.408 e. The minimum Gasteiger partial charge on any atom is -0.464 e. The first kappa shape index (κ1) is 37.3. The van der Waals surface area contributed by atoms with Crippen molar-refractivity contribution in [1.82, 2.24) is 5.32 Å². The Bertz CT molecular complexity index is 1710. The number of rotatable bonds is 13. The Kier molecular flexibility index (Phi) is 12.3. The first-order valence-electron chi connectivity index (χ1n) is 17.2. The van der Waals surface area contributed by atoms with E-state index >= 15 is 0 Å². The Morgan fingerprint density at radius 3 is 1.82 bits per heavy atom. The van der Waals surface area contributed by atoms with E-state index in [9.17, 15) is 9.59 Å². The lowest BCUT2D eigenvalue weighted by atomic mass is 9.84. The number of benzene rings is 4. The Hall–Kier alpha value is -4.95.